The number of likely N-dealkylation sites (tertiary alicyclic amines) is 1. The summed E-state index contributed by atoms with van der Waals surface area (Å²) in [6.07, 6.45) is -2.21. The molecule has 5 nitrogen and oxygen atoms in total. The van der Waals surface area contributed by atoms with Gasteiger partial charge in [-0.25, -0.2) is 8.42 Å². The van der Waals surface area contributed by atoms with Crippen LogP contribution in [0.3, 0.4) is 0 Å². The lowest BCUT2D eigenvalue weighted by Gasteiger charge is -2.31. The Bertz CT molecular complexity index is 1160. The van der Waals surface area contributed by atoms with E-state index in [9.17, 15) is 21.6 Å². The minimum Gasteiger partial charge on any atom is -0.382 e. The first-order valence-corrected chi connectivity index (χ1v) is 11.1. The number of fused-ring (bicyclic) bond motifs is 1. The number of hydrogen-bond donors (Lipinski definition) is 2. The zero-order valence-electron chi connectivity index (χ0n) is 16.3. The van der Waals surface area contributed by atoms with E-state index in [0.29, 0.717) is 23.7 Å². The topological polar surface area (TPSA) is 65.2 Å². The van der Waals surface area contributed by atoms with Gasteiger partial charge in [-0.15, -0.1) is 0 Å². The molecular weight excluding hydrogens is 415 g/mol. The third-order valence-electron chi connectivity index (χ3n) is 5.52. The molecule has 2 aromatic carbocycles. The van der Waals surface area contributed by atoms with Gasteiger partial charge in [0.1, 0.15) is 0 Å². The first kappa shape index (κ1) is 20.7. The van der Waals surface area contributed by atoms with Crippen LogP contribution in [0, 0.1) is 0 Å². The van der Waals surface area contributed by atoms with E-state index in [4.69, 9.17) is 0 Å². The third-order valence-corrected chi connectivity index (χ3v) is 7.35. The molecule has 1 fully saturated rings. The lowest BCUT2D eigenvalue weighted by Crippen LogP contribution is -2.37. The summed E-state index contributed by atoms with van der Waals surface area (Å²) in [5.74, 6) is 0. The molecule has 30 heavy (non-hydrogen) atoms. The average molecular weight is 437 g/mol. The van der Waals surface area contributed by atoms with Crippen LogP contribution < -0.4 is 5.32 Å². The van der Waals surface area contributed by atoms with Crippen molar-refractivity contribution < 1.29 is 21.6 Å². The van der Waals surface area contributed by atoms with Crippen LogP contribution in [0.15, 0.2) is 58.5 Å². The number of alkyl halides is 3. The summed E-state index contributed by atoms with van der Waals surface area (Å²) in [5, 5.41) is 3.31. The standard InChI is InChI=1S/C21H22F3N3O2S/c1-27-11-9-14(10-12-27)26-17-7-4-8-18(20(17)21(22,23)24)30(28,29)19-13-25-16-6-3-2-5-15(16)19/h2-8,13-14,25-26H,9-12H2,1H3. The fourth-order valence-electron chi connectivity index (χ4n) is 3.93. The summed E-state index contributed by atoms with van der Waals surface area (Å²) in [6, 6.07) is 10.2. The van der Waals surface area contributed by atoms with Crippen LogP contribution in [0.5, 0.6) is 0 Å². The smallest absolute Gasteiger partial charge is 0.382 e. The van der Waals surface area contributed by atoms with Gasteiger partial charge in [0, 0.05) is 28.8 Å². The Morgan fingerprint density at radius 1 is 1.03 bits per heavy atom. The van der Waals surface area contributed by atoms with Crippen LogP contribution in [-0.2, 0) is 16.0 Å². The molecule has 4 rings (SSSR count). The molecule has 0 spiro atoms. The number of hydrogen-bond acceptors (Lipinski definition) is 4. The van der Waals surface area contributed by atoms with Crippen molar-refractivity contribution in [2.75, 3.05) is 25.5 Å². The van der Waals surface area contributed by atoms with Crippen molar-refractivity contribution in [3.63, 3.8) is 0 Å². The van der Waals surface area contributed by atoms with Gasteiger partial charge in [0.05, 0.1) is 15.4 Å². The summed E-state index contributed by atoms with van der Waals surface area (Å²) in [4.78, 5) is 4.03. The van der Waals surface area contributed by atoms with Crippen molar-refractivity contribution in [1.82, 2.24) is 9.88 Å². The minimum absolute atomic E-state index is 0.145. The lowest BCUT2D eigenvalue weighted by molar-refractivity contribution is -0.139. The average Bonchev–Trinajstić information content (AvgIpc) is 3.14. The van der Waals surface area contributed by atoms with E-state index in [1.165, 1.54) is 18.3 Å². The Morgan fingerprint density at radius 3 is 2.43 bits per heavy atom. The molecule has 0 aliphatic carbocycles. The summed E-state index contributed by atoms with van der Waals surface area (Å²) in [6.45, 7) is 1.54. The Kier molecular flexibility index (Phi) is 5.27. The van der Waals surface area contributed by atoms with Crippen LogP contribution in [0.1, 0.15) is 18.4 Å². The van der Waals surface area contributed by atoms with E-state index in [-0.39, 0.29) is 16.6 Å². The van der Waals surface area contributed by atoms with E-state index in [1.807, 2.05) is 7.05 Å². The van der Waals surface area contributed by atoms with Gasteiger partial charge in [0.25, 0.3) is 0 Å². The molecule has 0 bridgehead atoms. The van der Waals surface area contributed by atoms with Crippen molar-refractivity contribution in [2.24, 2.45) is 0 Å². The number of anilines is 1. The monoisotopic (exact) mass is 437 g/mol. The maximum absolute atomic E-state index is 14.1. The highest BCUT2D eigenvalue weighted by Crippen LogP contribution is 2.42. The Labute approximate surface area is 172 Å². The highest BCUT2D eigenvalue weighted by atomic mass is 32.2. The highest BCUT2D eigenvalue weighted by molar-refractivity contribution is 7.91. The van der Waals surface area contributed by atoms with Gasteiger partial charge in [-0.3, -0.25) is 0 Å². The molecule has 9 heteroatoms. The molecule has 1 aromatic heterocycles. The number of aromatic nitrogens is 1. The normalized spacial score (nSPS) is 16.8. The number of nitrogens with zero attached hydrogens (tertiary/aromatic N) is 1. The Hall–Kier alpha value is -2.52. The van der Waals surface area contributed by atoms with E-state index in [2.05, 4.69) is 15.2 Å². The molecule has 2 N–H and O–H groups in total. The van der Waals surface area contributed by atoms with Crippen LogP contribution in [-0.4, -0.2) is 44.5 Å². The first-order valence-electron chi connectivity index (χ1n) is 9.64. The number of para-hydroxylation sites is 1. The van der Waals surface area contributed by atoms with Gasteiger partial charge in [-0.1, -0.05) is 24.3 Å². The van der Waals surface area contributed by atoms with Crippen LogP contribution >= 0.6 is 0 Å². The van der Waals surface area contributed by atoms with Crippen LogP contribution in [0.25, 0.3) is 10.9 Å². The molecule has 1 aliphatic heterocycles. The molecule has 3 aromatic rings. The predicted molar refractivity (Wildman–Crippen MR) is 109 cm³/mol. The van der Waals surface area contributed by atoms with E-state index in [0.717, 1.165) is 19.2 Å². The molecule has 1 aliphatic rings. The molecule has 0 saturated carbocycles. The lowest BCUT2D eigenvalue weighted by atomic mass is 10.0. The van der Waals surface area contributed by atoms with E-state index in [1.54, 1.807) is 24.3 Å². The molecule has 160 valence electrons. The first-order chi connectivity index (χ1) is 14.2. The number of aromatic amines is 1. The van der Waals surface area contributed by atoms with Crippen LogP contribution in [0.2, 0.25) is 0 Å². The quantitative estimate of drug-likeness (QED) is 0.630. The molecular formula is C21H22F3N3O2S. The molecule has 0 radical (unpaired) electrons. The fourth-order valence-corrected chi connectivity index (χ4v) is 5.60. The van der Waals surface area contributed by atoms with Crippen molar-refractivity contribution in [3.8, 4) is 0 Å². The summed E-state index contributed by atoms with van der Waals surface area (Å²) < 4.78 is 68.9. The number of sulfone groups is 1. The van der Waals surface area contributed by atoms with Gasteiger partial charge in [-0.05, 0) is 51.2 Å². The number of piperidine rings is 1. The molecule has 0 amide bonds. The molecule has 1 saturated heterocycles. The second kappa shape index (κ2) is 7.63. The third kappa shape index (κ3) is 3.79. The van der Waals surface area contributed by atoms with Crippen LogP contribution in [0.4, 0.5) is 18.9 Å². The number of H-pyrrole nitrogens is 1. The number of halogens is 3. The highest BCUT2D eigenvalue weighted by Gasteiger charge is 2.41. The van der Waals surface area contributed by atoms with Crippen molar-refractivity contribution >= 4 is 26.4 Å². The van der Waals surface area contributed by atoms with Gasteiger partial charge in [-0.2, -0.15) is 13.2 Å². The number of benzene rings is 2. The van der Waals surface area contributed by atoms with Gasteiger partial charge >= 0.3 is 6.18 Å². The number of nitrogens with one attached hydrogen (secondary N) is 2. The van der Waals surface area contributed by atoms with Crippen molar-refractivity contribution in [1.29, 1.82) is 0 Å². The van der Waals surface area contributed by atoms with Gasteiger partial charge < -0.3 is 15.2 Å². The largest absolute Gasteiger partial charge is 0.419 e. The molecule has 0 unspecified atom stereocenters. The maximum Gasteiger partial charge on any atom is 0.419 e. The molecule has 0 atom stereocenters. The van der Waals surface area contributed by atoms with Crippen molar-refractivity contribution in [2.45, 2.75) is 34.9 Å². The molecule has 2 heterocycles. The zero-order valence-corrected chi connectivity index (χ0v) is 17.1. The van der Waals surface area contributed by atoms with E-state index >= 15 is 0 Å². The minimum atomic E-state index is -4.83. The predicted octanol–water partition coefficient (Wildman–Crippen LogP) is 4.53. The Balaban J connectivity index is 1.81. The summed E-state index contributed by atoms with van der Waals surface area (Å²) in [7, 11) is -2.44. The Morgan fingerprint density at radius 2 is 1.73 bits per heavy atom. The number of rotatable bonds is 4. The zero-order chi connectivity index (χ0) is 21.5. The second-order valence-corrected chi connectivity index (χ2v) is 9.49. The van der Waals surface area contributed by atoms with Gasteiger partial charge in [0.15, 0.2) is 0 Å². The second-order valence-electron chi connectivity index (χ2n) is 7.60. The fraction of sp³-hybridized carbons (Fsp3) is 0.333. The summed E-state index contributed by atoms with van der Waals surface area (Å²) in [5.41, 5.74) is -0.794. The van der Waals surface area contributed by atoms with E-state index < -0.39 is 26.5 Å². The van der Waals surface area contributed by atoms with Gasteiger partial charge in [0.2, 0.25) is 9.84 Å². The SMILES string of the molecule is CN1CCC(Nc2cccc(S(=O)(=O)c3c[nH]c4ccccc34)c2C(F)(F)F)CC1. The summed E-state index contributed by atoms with van der Waals surface area (Å²) >= 11 is 0. The maximum atomic E-state index is 14.1. The van der Waals surface area contributed by atoms with Crippen molar-refractivity contribution in [3.05, 3.63) is 54.2 Å².